The minimum atomic E-state index is 0.697. The van der Waals surface area contributed by atoms with Gasteiger partial charge in [-0.3, -0.25) is 0 Å². The molecule has 0 saturated carbocycles. The van der Waals surface area contributed by atoms with Crippen molar-refractivity contribution in [1.82, 2.24) is 9.97 Å². The van der Waals surface area contributed by atoms with Crippen LogP contribution in [0.2, 0.25) is 5.02 Å². The molecule has 0 atom stereocenters. The molecule has 0 aliphatic heterocycles. The van der Waals surface area contributed by atoms with Crippen LogP contribution in [0.1, 0.15) is 18.9 Å². The highest BCUT2D eigenvalue weighted by molar-refractivity contribution is 7.98. The number of nitrogens with zero attached hydrogens (tertiary/aromatic N) is 2. The fraction of sp³-hybridized carbons (Fsp3) is 0.286. The van der Waals surface area contributed by atoms with Gasteiger partial charge in [0.25, 0.3) is 0 Å². The van der Waals surface area contributed by atoms with Gasteiger partial charge in [-0.05, 0) is 30.2 Å². The second kappa shape index (κ2) is 7.36. The van der Waals surface area contributed by atoms with E-state index in [4.69, 9.17) is 11.6 Å². The van der Waals surface area contributed by atoms with Crippen molar-refractivity contribution in [1.29, 1.82) is 0 Å². The molecular weight excluding hydrogens is 278 g/mol. The summed E-state index contributed by atoms with van der Waals surface area (Å²) >= 11 is 7.56. The molecule has 0 radical (unpaired) electrons. The number of benzene rings is 1. The molecule has 0 amide bonds. The van der Waals surface area contributed by atoms with Crippen molar-refractivity contribution in [3.05, 3.63) is 47.1 Å². The first-order chi connectivity index (χ1) is 9.28. The molecule has 100 valence electrons. The van der Waals surface area contributed by atoms with Gasteiger partial charge in [0.1, 0.15) is 5.03 Å². The lowest BCUT2D eigenvalue weighted by Crippen LogP contribution is -2.04. The molecule has 0 spiro atoms. The third-order valence-electron chi connectivity index (χ3n) is 2.46. The van der Waals surface area contributed by atoms with E-state index in [-0.39, 0.29) is 0 Å². The maximum absolute atomic E-state index is 5.86. The second-order valence-electron chi connectivity index (χ2n) is 4.06. The molecule has 1 N–H and O–H groups in total. The SMILES string of the molecule is CCCNc1nccc(SCc2ccc(Cl)cc2)n1. The molecule has 3 nitrogen and oxygen atoms in total. The Balaban J connectivity index is 1.93. The van der Waals surface area contributed by atoms with Crippen LogP contribution in [-0.4, -0.2) is 16.5 Å². The van der Waals surface area contributed by atoms with Gasteiger partial charge in [0.2, 0.25) is 5.95 Å². The van der Waals surface area contributed by atoms with Crippen LogP contribution in [-0.2, 0) is 5.75 Å². The second-order valence-corrected chi connectivity index (χ2v) is 5.49. The van der Waals surface area contributed by atoms with Crippen LogP contribution in [0.15, 0.2) is 41.6 Å². The molecule has 5 heteroatoms. The standard InChI is InChI=1S/C14H16ClN3S/c1-2-8-16-14-17-9-7-13(18-14)19-10-11-3-5-12(15)6-4-11/h3-7,9H,2,8,10H2,1H3,(H,16,17,18). The lowest BCUT2D eigenvalue weighted by Gasteiger charge is -2.05. The summed E-state index contributed by atoms with van der Waals surface area (Å²) in [5, 5.41) is 4.93. The maximum Gasteiger partial charge on any atom is 0.223 e. The number of thioether (sulfide) groups is 1. The molecule has 1 aromatic heterocycles. The number of nitrogens with one attached hydrogen (secondary N) is 1. The van der Waals surface area contributed by atoms with Crippen LogP contribution in [0.4, 0.5) is 5.95 Å². The van der Waals surface area contributed by atoms with Gasteiger partial charge >= 0.3 is 0 Å². The highest BCUT2D eigenvalue weighted by Crippen LogP contribution is 2.22. The molecule has 0 unspecified atom stereocenters. The zero-order chi connectivity index (χ0) is 13.5. The maximum atomic E-state index is 5.86. The van der Waals surface area contributed by atoms with Crippen LogP contribution in [0, 0.1) is 0 Å². The van der Waals surface area contributed by atoms with Gasteiger partial charge in [-0.2, -0.15) is 0 Å². The van der Waals surface area contributed by atoms with Gasteiger partial charge in [-0.25, -0.2) is 9.97 Å². The molecule has 0 saturated heterocycles. The van der Waals surface area contributed by atoms with Crippen LogP contribution < -0.4 is 5.32 Å². The summed E-state index contributed by atoms with van der Waals surface area (Å²) in [5.41, 5.74) is 1.23. The largest absolute Gasteiger partial charge is 0.354 e. The zero-order valence-corrected chi connectivity index (χ0v) is 12.3. The summed E-state index contributed by atoms with van der Waals surface area (Å²) in [5.74, 6) is 1.57. The van der Waals surface area contributed by atoms with Crippen molar-refractivity contribution in [3.63, 3.8) is 0 Å². The summed E-state index contributed by atoms with van der Waals surface area (Å²) in [7, 11) is 0. The van der Waals surface area contributed by atoms with Crippen molar-refractivity contribution in [2.24, 2.45) is 0 Å². The molecule has 0 aliphatic carbocycles. The average Bonchev–Trinajstić information content (AvgIpc) is 2.45. The molecular formula is C14H16ClN3S. The molecule has 0 bridgehead atoms. The summed E-state index contributed by atoms with van der Waals surface area (Å²) in [6.07, 6.45) is 2.85. The molecule has 0 fully saturated rings. The average molecular weight is 294 g/mol. The molecule has 19 heavy (non-hydrogen) atoms. The first kappa shape index (κ1) is 14.2. The summed E-state index contributed by atoms with van der Waals surface area (Å²) in [6, 6.07) is 9.81. The van der Waals surface area contributed by atoms with Crippen LogP contribution in [0.25, 0.3) is 0 Å². The Bertz CT molecular complexity index is 516. The minimum Gasteiger partial charge on any atom is -0.354 e. The minimum absolute atomic E-state index is 0.697. The van der Waals surface area contributed by atoms with Gasteiger partial charge in [0.15, 0.2) is 0 Å². The first-order valence-corrected chi connectivity index (χ1v) is 7.58. The van der Waals surface area contributed by atoms with Gasteiger partial charge in [0.05, 0.1) is 0 Å². The van der Waals surface area contributed by atoms with Crippen molar-refractivity contribution in [2.75, 3.05) is 11.9 Å². The Hall–Kier alpha value is -1.26. The predicted molar refractivity (Wildman–Crippen MR) is 81.8 cm³/mol. The van der Waals surface area contributed by atoms with E-state index >= 15 is 0 Å². The fourth-order valence-electron chi connectivity index (χ4n) is 1.48. The summed E-state index contributed by atoms with van der Waals surface area (Å²) in [4.78, 5) is 8.65. The quantitative estimate of drug-likeness (QED) is 0.638. The van der Waals surface area contributed by atoms with E-state index in [9.17, 15) is 0 Å². The molecule has 1 aromatic carbocycles. The molecule has 0 aliphatic rings. The van der Waals surface area contributed by atoms with E-state index in [1.165, 1.54) is 5.56 Å². The smallest absolute Gasteiger partial charge is 0.223 e. The third-order valence-corrected chi connectivity index (χ3v) is 3.72. The van der Waals surface area contributed by atoms with Gasteiger partial charge in [0, 0.05) is 23.5 Å². The lowest BCUT2D eigenvalue weighted by atomic mass is 10.2. The fourth-order valence-corrected chi connectivity index (χ4v) is 2.42. The van der Waals surface area contributed by atoms with Crippen LogP contribution in [0.5, 0.6) is 0 Å². The van der Waals surface area contributed by atoms with Gasteiger partial charge in [-0.15, -0.1) is 11.8 Å². The summed E-state index contributed by atoms with van der Waals surface area (Å²) in [6.45, 7) is 3.01. The number of aromatic nitrogens is 2. The number of anilines is 1. The van der Waals surface area contributed by atoms with Crippen molar-refractivity contribution in [3.8, 4) is 0 Å². The van der Waals surface area contributed by atoms with E-state index in [0.29, 0.717) is 5.95 Å². The Morgan fingerprint density at radius 3 is 2.74 bits per heavy atom. The predicted octanol–water partition coefficient (Wildman–Crippen LogP) is 4.24. The Morgan fingerprint density at radius 1 is 1.21 bits per heavy atom. The van der Waals surface area contributed by atoms with Crippen molar-refractivity contribution in [2.45, 2.75) is 24.1 Å². The topological polar surface area (TPSA) is 37.8 Å². The van der Waals surface area contributed by atoms with E-state index < -0.39 is 0 Å². The molecule has 2 rings (SSSR count). The molecule has 1 heterocycles. The van der Waals surface area contributed by atoms with Gasteiger partial charge in [-0.1, -0.05) is 30.7 Å². The third kappa shape index (κ3) is 4.73. The normalized spacial score (nSPS) is 10.4. The number of rotatable bonds is 6. The Labute approximate surface area is 122 Å². The number of halogens is 1. The van der Waals surface area contributed by atoms with Crippen LogP contribution in [0.3, 0.4) is 0 Å². The zero-order valence-electron chi connectivity index (χ0n) is 10.8. The number of hydrogen-bond acceptors (Lipinski definition) is 4. The highest BCUT2D eigenvalue weighted by atomic mass is 35.5. The van der Waals surface area contributed by atoms with Gasteiger partial charge < -0.3 is 5.32 Å². The van der Waals surface area contributed by atoms with Crippen molar-refractivity contribution < 1.29 is 0 Å². The van der Waals surface area contributed by atoms with E-state index in [1.54, 1.807) is 18.0 Å². The van der Waals surface area contributed by atoms with Crippen LogP contribution >= 0.6 is 23.4 Å². The molecule has 2 aromatic rings. The van der Waals surface area contributed by atoms with E-state index in [1.807, 2.05) is 30.3 Å². The first-order valence-electron chi connectivity index (χ1n) is 6.22. The van der Waals surface area contributed by atoms with E-state index in [0.717, 1.165) is 28.8 Å². The monoisotopic (exact) mass is 293 g/mol. The number of hydrogen-bond donors (Lipinski definition) is 1. The Kier molecular flexibility index (Phi) is 5.48. The highest BCUT2D eigenvalue weighted by Gasteiger charge is 2.00. The lowest BCUT2D eigenvalue weighted by molar-refractivity contribution is 0.935. The van der Waals surface area contributed by atoms with E-state index in [2.05, 4.69) is 22.2 Å². The Morgan fingerprint density at radius 2 is 2.00 bits per heavy atom. The van der Waals surface area contributed by atoms with Crippen molar-refractivity contribution >= 4 is 29.3 Å². The summed E-state index contributed by atoms with van der Waals surface area (Å²) < 4.78 is 0.